The second-order valence-electron chi connectivity index (χ2n) is 4.55. The molecule has 4 heteroatoms. The molecule has 0 saturated heterocycles. The van der Waals surface area contributed by atoms with Crippen LogP contribution >= 0.6 is 23.2 Å². The van der Waals surface area contributed by atoms with Crippen LogP contribution in [0.15, 0.2) is 36.4 Å². The molecule has 1 atom stereocenters. The molecular formula is C15H14Cl2FN. The largest absolute Gasteiger partial charge is 0.324 e. The average Bonchev–Trinajstić information content (AvgIpc) is 2.35. The lowest BCUT2D eigenvalue weighted by atomic mass is 9.96. The number of rotatable bonds is 3. The van der Waals surface area contributed by atoms with E-state index in [0.29, 0.717) is 16.5 Å². The van der Waals surface area contributed by atoms with E-state index in [0.717, 1.165) is 16.7 Å². The van der Waals surface area contributed by atoms with Gasteiger partial charge in [-0.3, -0.25) is 0 Å². The summed E-state index contributed by atoms with van der Waals surface area (Å²) in [7, 11) is 0. The Morgan fingerprint density at radius 1 is 1.16 bits per heavy atom. The highest BCUT2D eigenvalue weighted by atomic mass is 35.5. The summed E-state index contributed by atoms with van der Waals surface area (Å²) in [5, 5.41) is 1.17. The van der Waals surface area contributed by atoms with Gasteiger partial charge in [-0.1, -0.05) is 35.3 Å². The third-order valence-electron chi connectivity index (χ3n) is 3.10. The van der Waals surface area contributed by atoms with Crippen molar-refractivity contribution in [2.75, 3.05) is 0 Å². The van der Waals surface area contributed by atoms with E-state index >= 15 is 0 Å². The molecule has 0 amide bonds. The number of halogens is 3. The van der Waals surface area contributed by atoms with Crippen molar-refractivity contribution in [1.29, 1.82) is 0 Å². The fourth-order valence-corrected chi connectivity index (χ4v) is 2.53. The van der Waals surface area contributed by atoms with E-state index in [4.69, 9.17) is 28.9 Å². The number of nitrogens with two attached hydrogens (primary N) is 1. The second-order valence-corrected chi connectivity index (χ2v) is 5.39. The topological polar surface area (TPSA) is 26.0 Å². The molecule has 1 unspecified atom stereocenters. The summed E-state index contributed by atoms with van der Waals surface area (Å²) in [5.74, 6) is -0.279. The van der Waals surface area contributed by atoms with Crippen LogP contribution in [0.3, 0.4) is 0 Å². The lowest BCUT2D eigenvalue weighted by molar-refractivity contribution is 0.617. The van der Waals surface area contributed by atoms with Crippen LogP contribution < -0.4 is 5.73 Å². The van der Waals surface area contributed by atoms with Crippen molar-refractivity contribution in [3.8, 4) is 0 Å². The van der Waals surface area contributed by atoms with Crippen molar-refractivity contribution >= 4 is 23.2 Å². The van der Waals surface area contributed by atoms with E-state index < -0.39 is 0 Å². The van der Waals surface area contributed by atoms with Crippen LogP contribution in [0.25, 0.3) is 0 Å². The molecule has 2 aromatic rings. The Balaban J connectivity index is 2.25. The lowest BCUT2D eigenvalue weighted by Gasteiger charge is -2.16. The van der Waals surface area contributed by atoms with Gasteiger partial charge in [0.25, 0.3) is 0 Å². The first-order valence-corrected chi connectivity index (χ1v) is 6.68. The van der Waals surface area contributed by atoms with E-state index in [1.165, 1.54) is 12.1 Å². The number of benzene rings is 2. The summed E-state index contributed by atoms with van der Waals surface area (Å²) in [4.78, 5) is 0. The Morgan fingerprint density at radius 3 is 2.58 bits per heavy atom. The predicted octanol–water partition coefficient (Wildman–Crippen LogP) is 4.68. The van der Waals surface area contributed by atoms with Crippen molar-refractivity contribution in [2.24, 2.45) is 5.73 Å². The van der Waals surface area contributed by atoms with Gasteiger partial charge >= 0.3 is 0 Å². The van der Waals surface area contributed by atoms with Crippen LogP contribution in [0, 0.1) is 12.7 Å². The average molecular weight is 298 g/mol. The molecule has 0 aliphatic rings. The van der Waals surface area contributed by atoms with Crippen molar-refractivity contribution in [2.45, 2.75) is 19.4 Å². The fraction of sp³-hybridized carbons (Fsp3) is 0.200. The van der Waals surface area contributed by atoms with Gasteiger partial charge in [-0.2, -0.15) is 0 Å². The molecule has 0 bridgehead atoms. The van der Waals surface area contributed by atoms with Crippen LogP contribution in [-0.4, -0.2) is 0 Å². The first-order chi connectivity index (χ1) is 8.97. The van der Waals surface area contributed by atoms with Gasteiger partial charge in [-0.15, -0.1) is 0 Å². The molecule has 0 fully saturated rings. The quantitative estimate of drug-likeness (QED) is 0.874. The molecule has 1 nitrogen and oxygen atoms in total. The Labute approximate surface area is 122 Å². The van der Waals surface area contributed by atoms with Crippen molar-refractivity contribution in [1.82, 2.24) is 0 Å². The van der Waals surface area contributed by atoms with Crippen molar-refractivity contribution in [3.63, 3.8) is 0 Å². The normalized spacial score (nSPS) is 12.5. The van der Waals surface area contributed by atoms with Gasteiger partial charge in [0, 0.05) is 16.1 Å². The highest BCUT2D eigenvalue weighted by molar-refractivity contribution is 6.35. The zero-order valence-electron chi connectivity index (χ0n) is 10.5. The molecule has 0 aliphatic heterocycles. The Bertz CT molecular complexity index is 599. The molecule has 2 rings (SSSR count). The summed E-state index contributed by atoms with van der Waals surface area (Å²) < 4.78 is 13.3. The maximum atomic E-state index is 13.3. The van der Waals surface area contributed by atoms with Gasteiger partial charge in [0.1, 0.15) is 5.82 Å². The molecule has 0 aromatic heterocycles. The fourth-order valence-electron chi connectivity index (χ4n) is 2.04. The Hall–Kier alpha value is -1.09. The summed E-state index contributed by atoms with van der Waals surface area (Å²) in [6, 6.07) is 9.64. The smallest absolute Gasteiger partial charge is 0.123 e. The molecule has 0 heterocycles. The van der Waals surface area contributed by atoms with Gasteiger partial charge in [-0.25, -0.2) is 4.39 Å². The molecule has 100 valence electrons. The van der Waals surface area contributed by atoms with Crippen LogP contribution in [-0.2, 0) is 6.42 Å². The predicted molar refractivity (Wildman–Crippen MR) is 78.2 cm³/mol. The third-order valence-corrected chi connectivity index (χ3v) is 3.68. The molecule has 0 radical (unpaired) electrons. The third kappa shape index (κ3) is 3.47. The van der Waals surface area contributed by atoms with Crippen LogP contribution in [0.1, 0.15) is 22.7 Å². The molecular weight excluding hydrogens is 284 g/mol. The van der Waals surface area contributed by atoms with Gasteiger partial charge in [-0.05, 0) is 54.3 Å². The SMILES string of the molecule is Cc1ccc(F)cc1C(N)Cc1ccc(Cl)cc1Cl. The monoisotopic (exact) mass is 297 g/mol. The van der Waals surface area contributed by atoms with E-state index in [1.54, 1.807) is 18.2 Å². The zero-order chi connectivity index (χ0) is 14.0. The number of hydrogen-bond acceptors (Lipinski definition) is 1. The summed E-state index contributed by atoms with van der Waals surface area (Å²) >= 11 is 12.0. The van der Waals surface area contributed by atoms with Crippen molar-refractivity contribution < 1.29 is 4.39 Å². The molecule has 19 heavy (non-hydrogen) atoms. The van der Waals surface area contributed by atoms with Crippen LogP contribution in [0.2, 0.25) is 10.0 Å². The maximum Gasteiger partial charge on any atom is 0.123 e. The highest BCUT2D eigenvalue weighted by Gasteiger charge is 2.13. The van der Waals surface area contributed by atoms with E-state index in [-0.39, 0.29) is 11.9 Å². The van der Waals surface area contributed by atoms with Crippen LogP contribution in [0.5, 0.6) is 0 Å². The first kappa shape index (κ1) is 14.3. The maximum absolute atomic E-state index is 13.3. The second kappa shape index (κ2) is 5.91. The summed E-state index contributed by atoms with van der Waals surface area (Å²) in [6.07, 6.45) is 0.542. The number of aryl methyl sites for hydroxylation is 1. The van der Waals surface area contributed by atoms with Gasteiger partial charge in [0.05, 0.1) is 0 Å². The minimum absolute atomic E-state index is 0.279. The van der Waals surface area contributed by atoms with E-state index in [9.17, 15) is 4.39 Å². The highest BCUT2D eigenvalue weighted by Crippen LogP contribution is 2.26. The van der Waals surface area contributed by atoms with Gasteiger partial charge < -0.3 is 5.73 Å². The standard InChI is InChI=1S/C15H14Cl2FN/c1-9-2-5-12(18)8-13(9)15(19)6-10-3-4-11(16)7-14(10)17/h2-5,7-8,15H,6,19H2,1H3. The summed E-state index contributed by atoms with van der Waals surface area (Å²) in [6.45, 7) is 1.91. The summed E-state index contributed by atoms with van der Waals surface area (Å²) in [5.41, 5.74) is 8.82. The minimum atomic E-state index is -0.297. The van der Waals surface area contributed by atoms with Crippen LogP contribution in [0.4, 0.5) is 4.39 Å². The Morgan fingerprint density at radius 2 is 1.89 bits per heavy atom. The zero-order valence-corrected chi connectivity index (χ0v) is 12.0. The van der Waals surface area contributed by atoms with E-state index in [1.807, 2.05) is 13.0 Å². The molecule has 2 aromatic carbocycles. The van der Waals surface area contributed by atoms with Gasteiger partial charge in [0.2, 0.25) is 0 Å². The van der Waals surface area contributed by atoms with Gasteiger partial charge in [0.15, 0.2) is 0 Å². The molecule has 0 spiro atoms. The molecule has 0 saturated carbocycles. The molecule has 2 N–H and O–H groups in total. The molecule has 0 aliphatic carbocycles. The number of hydrogen-bond donors (Lipinski definition) is 1. The lowest BCUT2D eigenvalue weighted by Crippen LogP contribution is -2.15. The minimum Gasteiger partial charge on any atom is -0.324 e. The van der Waals surface area contributed by atoms with E-state index in [2.05, 4.69) is 0 Å². The first-order valence-electron chi connectivity index (χ1n) is 5.93. The van der Waals surface area contributed by atoms with Crippen molar-refractivity contribution in [3.05, 3.63) is 69.0 Å². The Kier molecular flexibility index (Phi) is 4.46.